The largest absolute Gasteiger partial charge is 1.00 e. The van der Waals surface area contributed by atoms with Crippen LogP contribution in [0.5, 0.6) is 0 Å². The number of halogens is 2. The second-order valence-corrected chi connectivity index (χ2v) is 31.2. The van der Waals surface area contributed by atoms with Gasteiger partial charge in [0.05, 0.1) is 0 Å². The molecule has 1 unspecified atom stereocenters. The number of benzene rings is 1. The third kappa shape index (κ3) is 4.55. The summed E-state index contributed by atoms with van der Waals surface area (Å²) in [5.41, 5.74) is 2.81. The van der Waals surface area contributed by atoms with Crippen molar-refractivity contribution in [3.8, 4) is 0 Å². The van der Waals surface area contributed by atoms with Crippen molar-refractivity contribution in [1.82, 2.24) is 3.30 Å². The van der Waals surface area contributed by atoms with E-state index in [2.05, 4.69) is 52.8 Å². The van der Waals surface area contributed by atoms with Gasteiger partial charge in [-0.1, -0.05) is 0 Å². The quantitative estimate of drug-likeness (QED) is 0.438. The number of nitrogens with one attached hydrogen (secondary N) is 1. The zero-order valence-electron chi connectivity index (χ0n) is 12.0. The van der Waals surface area contributed by atoms with Crippen LogP contribution in [0.25, 0.3) is 6.08 Å². The topological polar surface area (TPSA) is 29.1 Å². The maximum atomic E-state index is 11.7. The SMILES string of the molecule is CCC(=O)[NH][Hf+2]([CH]1C=Cc2ccccc21)[SiH](C)C.[Cl-].[Cl-]. The normalized spacial score (nSPS) is 15.1. The Bertz CT molecular complexity index is 482. The van der Waals surface area contributed by atoms with Crippen molar-refractivity contribution < 1.29 is 50.5 Å². The molecule has 1 aromatic rings. The number of carbonyl (C=O) groups excluding carboxylic acids is 1. The maximum absolute atomic E-state index is 11.7. The van der Waals surface area contributed by atoms with E-state index in [1.807, 2.05) is 6.92 Å². The molecule has 2 rings (SSSR count). The van der Waals surface area contributed by atoms with Crippen LogP contribution in [-0.4, -0.2) is 11.9 Å². The molecule has 1 aliphatic rings. The average Bonchev–Trinajstić information content (AvgIpc) is 2.79. The summed E-state index contributed by atoms with van der Waals surface area (Å²) >= 11 is -2.04. The molecular weight excluding hydrogens is 476 g/mol. The van der Waals surface area contributed by atoms with Gasteiger partial charge in [0.25, 0.3) is 0 Å². The molecule has 0 saturated carbocycles. The molecule has 109 valence electrons. The van der Waals surface area contributed by atoms with Crippen LogP contribution in [-0.2, 0) is 25.7 Å². The van der Waals surface area contributed by atoms with Crippen molar-refractivity contribution in [2.75, 3.05) is 0 Å². The molecule has 6 heteroatoms. The first-order valence-corrected chi connectivity index (χ1v) is 19.5. The molecule has 1 aromatic carbocycles. The van der Waals surface area contributed by atoms with Crippen LogP contribution in [0.1, 0.15) is 28.1 Å². The summed E-state index contributed by atoms with van der Waals surface area (Å²) in [6.45, 7) is 6.73. The monoisotopic (exact) mass is 496 g/mol. The Hall–Kier alpha value is 0.0970. The van der Waals surface area contributed by atoms with E-state index < -0.39 is 26.9 Å². The Morgan fingerprint density at radius 1 is 1.30 bits per heavy atom. The summed E-state index contributed by atoms with van der Waals surface area (Å²) in [6.07, 6.45) is 5.20. The molecule has 0 spiro atoms. The number of fused-ring (bicyclic) bond motifs is 1. The fraction of sp³-hybridized carbons (Fsp3) is 0.357. The van der Waals surface area contributed by atoms with E-state index in [1.165, 1.54) is 11.1 Å². The number of hydrogen-bond donors (Lipinski definition) is 1. The second-order valence-electron chi connectivity index (χ2n) is 4.98. The van der Waals surface area contributed by atoms with Gasteiger partial charge in [0, 0.05) is 0 Å². The van der Waals surface area contributed by atoms with Crippen LogP contribution in [0.15, 0.2) is 30.3 Å². The number of rotatable bonds is 4. The van der Waals surface area contributed by atoms with Gasteiger partial charge in [-0.3, -0.25) is 0 Å². The number of hydrogen-bond acceptors (Lipinski definition) is 1. The first-order chi connectivity index (χ1) is 8.63. The van der Waals surface area contributed by atoms with Gasteiger partial charge in [0.1, 0.15) is 0 Å². The molecule has 0 bridgehead atoms. The van der Waals surface area contributed by atoms with Crippen LogP contribution in [0.3, 0.4) is 0 Å². The fourth-order valence-corrected chi connectivity index (χ4v) is 23.5. The smallest absolute Gasteiger partial charge is 1.00 e. The molecule has 20 heavy (non-hydrogen) atoms. The molecule has 0 heterocycles. The van der Waals surface area contributed by atoms with E-state index in [1.54, 1.807) is 0 Å². The van der Waals surface area contributed by atoms with Gasteiger partial charge in [-0.2, -0.15) is 0 Å². The number of allylic oxidation sites excluding steroid dienone is 1. The molecule has 2 nitrogen and oxygen atoms in total. The third-order valence-corrected chi connectivity index (χ3v) is 28.4. The predicted molar refractivity (Wildman–Crippen MR) is 75.5 cm³/mol. The number of carbonyl (C=O) groups is 1. The minimum Gasteiger partial charge on any atom is -1.00 e. The van der Waals surface area contributed by atoms with Crippen molar-refractivity contribution in [3.05, 3.63) is 41.5 Å². The first kappa shape index (κ1) is 20.1. The van der Waals surface area contributed by atoms with Gasteiger partial charge in [-0.25, -0.2) is 0 Å². The van der Waals surface area contributed by atoms with Crippen molar-refractivity contribution in [2.45, 2.75) is 30.1 Å². The van der Waals surface area contributed by atoms with Crippen molar-refractivity contribution >= 4 is 18.0 Å². The summed E-state index contributed by atoms with van der Waals surface area (Å²) in [6, 6.07) is 8.62. The zero-order chi connectivity index (χ0) is 13.1. The van der Waals surface area contributed by atoms with Crippen LogP contribution in [0, 0.1) is 0 Å². The minimum atomic E-state index is -2.04. The van der Waals surface area contributed by atoms with E-state index in [0.717, 1.165) is 0 Å². The van der Waals surface area contributed by atoms with Crippen LogP contribution < -0.4 is 28.1 Å². The van der Waals surface area contributed by atoms with E-state index in [-0.39, 0.29) is 30.7 Å². The molecule has 1 amide bonds. The first-order valence-electron chi connectivity index (χ1n) is 6.57. The molecule has 0 radical (unpaired) electrons. The van der Waals surface area contributed by atoms with Crippen LogP contribution >= 0.6 is 0 Å². The van der Waals surface area contributed by atoms with E-state index in [4.69, 9.17) is 0 Å². The molecule has 0 aliphatic heterocycles. The van der Waals surface area contributed by atoms with Gasteiger partial charge in [0.2, 0.25) is 0 Å². The van der Waals surface area contributed by atoms with Gasteiger partial charge in [-0.05, 0) is 0 Å². The molecule has 1 aliphatic carbocycles. The maximum Gasteiger partial charge on any atom is -1.00 e. The average molecular weight is 496 g/mol. The Morgan fingerprint density at radius 3 is 2.55 bits per heavy atom. The van der Waals surface area contributed by atoms with Crippen molar-refractivity contribution in [1.29, 1.82) is 0 Å². The summed E-state index contributed by atoms with van der Waals surface area (Å²) < 4.78 is 4.01. The molecule has 1 N–H and O–H groups in total. The van der Waals surface area contributed by atoms with Crippen LogP contribution in [0.4, 0.5) is 0 Å². The van der Waals surface area contributed by atoms with Gasteiger partial charge >= 0.3 is 119 Å². The molecule has 0 aromatic heterocycles. The fourth-order valence-electron chi connectivity index (χ4n) is 2.35. The Balaban J connectivity index is 0.00000180. The molecule has 0 fully saturated rings. The summed E-state index contributed by atoms with van der Waals surface area (Å²) in [5.74, 6) is -0.477. The third-order valence-electron chi connectivity index (χ3n) is 3.36. The van der Waals surface area contributed by atoms with Gasteiger partial charge in [0.15, 0.2) is 0 Å². The second kappa shape index (κ2) is 9.18. The van der Waals surface area contributed by atoms with E-state index in [9.17, 15) is 4.79 Å². The van der Waals surface area contributed by atoms with Crippen molar-refractivity contribution in [3.63, 3.8) is 0 Å². The van der Waals surface area contributed by atoms with Crippen LogP contribution in [0.2, 0.25) is 13.1 Å². The zero-order valence-corrected chi connectivity index (χ0v) is 18.2. The standard InChI is InChI=1S/C9H7.C3H7NO.C2H7Si.2ClH.Hf/c1-2-5-9-7-3-6-8(9)4-1;1-2-3(4)5;1-3-2;;;/h1-7H;2H2,1H3,(H2,4,5);3H,1-2H3;2*1H;/q;;;;;+3/p-3. The Kier molecular flexibility index (Phi) is 9.23. The van der Waals surface area contributed by atoms with Gasteiger partial charge < -0.3 is 24.8 Å². The summed E-state index contributed by atoms with van der Waals surface area (Å²) in [7, 11) is 0. The Morgan fingerprint density at radius 2 is 1.95 bits per heavy atom. The Labute approximate surface area is 142 Å². The summed E-state index contributed by atoms with van der Waals surface area (Å²) in [5, 5.41) is 0. The van der Waals surface area contributed by atoms with E-state index in [0.29, 0.717) is 10.1 Å². The summed E-state index contributed by atoms with van der Waals surface area (Å²) in [4.78, 5) is 11.7. The van der Waals surface area contributed by atoms with Gasteiger partial charge in [-0.15, -0.1) is 0 Å². The predicted octanol–water partition coefficient (Wildman–Crippen LogP) is -3.19. The molecule has 0 saturated heterocycles. The molecule has 1 atom stereocenters. The number of amides is 1. The molecular formula is C14H20Cl2HfNOSi. The van der Waals surface area contributed by atoms with Crippen molar-refractivity contribution in [2.24, 2.45) is 0 Å². The van der Waals surface area contributed by atoms with E-state index >= 15 is 0 Å². The minimum absolute atomic E-state index is 0.